The number of hydrogen-bond acceptors (Lipinski definition) is 5. The van der Waals surface area contributed by atoms with E-state index in [0.29, 0.717) is 0 Å². The van der Waals surface area contributed by atoms with Crippen molar-refractivity contribution in [3.63, 3.8) is 0 Å². The third-order valence-electron chi connectivity index (χ3n) is 1.85. The van der Waals surface area contributed by atoms with Gasteiger partial charge in [-0.1, -0.05) is 0 Å². The Morgan fingerprint density at radius 1 is 1.17 bits per heavy atom. The van der Waals surface area contributed by atoms with Gasteiger partial charge in [0.15, 0.2) is 0 Å². The second-order valence-corrected chi connectivity index (χ2v) is 3.21. The second kappa shape index (κ2) is 9.05. The number of carbonyl (C=O) groups excluding carboxylic acids is 3. The van der Waals surface area contributed by atoms with Gasteiger partial charge in [-0.05, 0) is 13.8 Å². The van der Waals surface area contributed by atoms with Crippen LogP contribution in [0.15, 0.2) is 0 Å². The molecule has 1 amide bonds. The first kappa shape index (κ1) is 16.0. The van der Waals surface area contributed by atoms with E-state index in [1.807, 2.05) is 0 Å². The van der Waals surface area contributed by atoms with E-state index in [4.69, 9.17) is 6.42 Å². The molecule has 0 aromatic heterocycles. The number of esters is 2. The van der Waals surface area contributed by atoms with Gasteiger partial charge in [-0.15, -0.1) is 12.3 Å². The van der Waals surface area contributed by atoms with Gasteiger partial charge in [0.05, 0.1) is 13.2 Å². The van der Waals surface area contributed by atoms with Crippen LogP contribution in [0.5, 0.6) is 0 Å². The van der Waals surface area contributed by atoms with Crippen molar-refractivity contribution < 1.29 is 23.9 Å². The molecule has 0 bridgehead atoms. The van der Waals surface area contributed by atoms with Crippen LogP contribution in [0, 0.1) is 12.3 Å². The standard InChI is InChI=1S/C12H17NO5/c1-4-7-8-9(14)13-10(11(15)17-5-2)12(16)18-6-3/h1,10H,5-8H2,2-3H3,(H,13,14). The lowest BCUT2D eigenvalue weighted by molar-refractivity contribution is -0.159. The summed E-state index contributed by atoms with van der Waals surface area (Å²) in [7, 11) is 0. The molecule has 0 unspecified atom stereocenters. The number of hydrogen-bond donors (Lipinski definition) is 1. The van der Waals surface area contributed by atoms with Crippen LogP contribution in [0.1, 0.15) is 26.7 Å². The Labute approximate surface area is 106 Å². The van der Waals surface area contributed by atoms with Crippen LogP contribution in [-0.4, -0.2) is 37.1 Å². The van der Waals surface area contributed by atoms with E-state index in [-0.39, 0.29) is 26.1 Å². The fourth-order valence-electron chi connectivity index (χ4n) is 1.08. The fraction of sp³-hybridized carbons (Fsp3) is 0.583. The topological polar surface area (TPSA) is 81.7 Å². The summed E-state index contributed by atoms with van der Waals surface area (Å²) in [5.41, 5.74) is 0. The molecular weight excluding hydrogens is 238 g/mol. The van der Waals surface area contributed by atoms with Gasteiger partial charge in [-0.2, -0.15) is 0 Å². The maximum Gasteiger partial charge on any atom is 0.340 e. The summed E-state index contributed by atoms with van der Waals surface area (Å²) < 4.78 is 9.36. The van der Waals surface area contributed by atoms with Crippen molar-refractivity contribution in [2.45, 2.75) is 32.7 Å². The van der Waals surface area contributed by atoms with Crippen molar-refractivity contribution in [3.05, 3.63) is 0 Å². The van der Waals surface area contributed by atoms with Crippen molar-refractivity contribution in [1.29, 1.82) is 0 Å². The Morgan fingerprint density at radius 3 is 2.06 bits per heavy atom. The molecule has 100 valence electrons. The van der Waals surface area contributed by atoms with Crippen molar-refractivity contribution in [2.24, 2.45) is 0 Å². The van der Waals surface area contributed by atoms with Gasteiger partial charge in [0.1, 0.15) is 0 Å². The van der Waals surface area contributed by atoms with E-state index >= 15 is 0 Å². The van der Waals surface area contributed by atoms with E-state index < -0.39 is 23.9 Å². The van der Waals surface area contributed by atoms with Crippen LogP contribution >= 0.6 is 0 Å². The summed E-state index contributed by atoms with van der Waals surface area (Å²) in [5.74, 6) is 0.101. The minimum absolute atomic E-state index is 0.0335. The predicted octanol–water partition coefficient (Wildman–Crippen LogP) is 0.0108. The van der Waals surface area contributed by atoms with Gasteiger partial charge in [-0.3, -0.25) is 4.79 Å². The highest BCUT2D eigenvalue weighted by Crippen LogP contribution is 1.97. The Kier molecular flexibility index (Phi) is 8.03. The van der Waals surface area contributed by atoms with Gasteiger partial charge in [-0.25, -0.2) is 9.59 Å². The van der Waals surface area contributed by atoms with Crippen LogP contribution in [0.25, 0.3) is 0 Å². The molecule has 0 aliphatic rings. The number of nitrogens with one attached hydrogen (secondary N) is 1. The predicted molar refractivity (Wildman–Crippen MR) is 63.3 cm³/mol. The third-order valence-corrected chi connectivity index (χ3v) is 1.85. The summed E-state index contributed by atoms with van der Waals surface area (Å²) in [6.45, 7) is 3.41. The summed E-state index contributed by atoms with van der Waals surface area (Å²) in [6.07, 6.45) is 5.27. The molecule has 0 aromatic carbocycles. The Morgan fingerprint density at radius 2 is 1.67 bits per heavy atom. The zero-order valence-electron chi connectivity index (χ0n) is 10.5. The Hall–Kier alpha value is -2.03. The molecule has 1 N–H and O–H groups in total. The summed E-state index contributed by atoms with van der Waals surface area (Å²) >= 11 is 0. The van der Waals surface area contributed by atoms with Gasteiger partial charge < -0.3 is 14.8 Å². The van der Waals surface area contributed by atoms with Gasteiger partial charge >= 0.3 is 11.9 Å². The van der Waals surface area contributed by atoms with Gasteiger partial charge in [0.25, 0.3) is 0 Å². The first-order valence-corrected chi connectivity index (χ1v) is 5.62. The molecule has 0 fully saturated rings. The van der Waals surface area contributed by atoms with E-state index in [1.54, 1.807) is 13.8 Å². The molecule has 0 aliphatic heterocycles. The van der Waals surface area contributed by atoms with Crippen LogP contribution in [0.2, 0.25) is 0 Å². The lowest BCUT2D eigenvalue weighted by atomic mass is 10.2. The molecule has 0 radical (unpaired) electrons. The van der Waals surface area contributed by atoms with E-state index in [9.17, 15) is 14.4 Å². The quantitative estimate of drug-likeness (QED) is 0.394. The molecule has 0 atom stereocenters. The molecular formula is C12H17NO5. The number of carbonyl (C=O) groups is 3. The highest BCUT2D eigenvalue weighted by atomic mass is 16.6. The maximum atomic E-state index is 11.5. The summed E-state index contributed by atoms with van der Waals surface area (Å²) in [6, 6.07) is -1.44. The minimum Gasteiger partial charge on any atom is -0.464 e. The normalized spacial score (nSPS) is 9.44. The monoisotopic (exact) mass is 255 g/mol. The molecule has 6 nitrogen and oxygen atoms in total. The lowest BCUT2D eigenvalue weighted by Crippen LogP contribution is -2.48. The highest BCUT2D eigenvalue weighted by Gasteiger charge is 2.30. The SMILES string of the molecule is C#CCCC(=O)NC(C(=O)OCC)C(=O)OCC. The molecule has 0 rings (SSSR count). The van der Waals surface area contributed by atoms with Crippen LogP contribution in [0.4, 0.5) is 0 Å². The second-order valence-electron chi connectivity index (χ2n) is 3.21. The zero-order valence-corrected chi connectivity index (χ0v) is 10.5. The maximum absolute atomic E-state index is 11.5. The van der Waals surface area contributed by atoms with Crippen molar-refractivity contribution >= 4 is 17.8 Å². The zero-order chi connectivity index (χ0) is 14.0. The Bertz CT molecular complexity index is 327. The summed E-state index contributed by atoms with van der Waals surface area (Å²) in [5, 5.41) is 2.24. The van der Waals surface area contributed by atoms with Crippen molar-refractivity contribution in [1.82, 2.24) is 5.32 Å². The molecule has 0 aliphatic carbocycles. The molecule has 6 heteroatoms. The number of amides is 1. The van der Waals surface area contributed by atoms with E-state index in [2.05, 4.69) is 20.7 Å². The van der Waals surface area contributed by atoms with E-state index in [1.165, 1.54) is 0 Å². The smallest absolute Gasteiger partial charge is 0.340 e. The molecule has 0 saturated carbocycles. The van der Waals surface area contributed by atoms with Crippen LogP contribution in [0.3, 0.4) is 0 Å². The average Bonchev–Trinajstić information content (AvgIpc) is 2.33. The molecule has 0 spiro atoms. The molecule has 0 heterocycles. The van der Waals surface area contributed by atoms with Gasteiger partial charge in [0, 0.05) is 12.8 Å². The van der Waals surface area contributed by atoms with Crippen LogP contribution < -0.4 is 5.32 Å². The first-order chi connectivity index (χ1) is 8.56. The molecule has 0 saturated heterocycles. The Balaban J connectivity index is 4.56. The molecule has 0 aromatic rings. The number of ether oxygens (including phenoxy) is 2. The van der Waals surface area contributed by atoms with Crippen LogP contribution in [-0.2, 0) is 23.9 Å². The van der Waals surface area contributed by atoms with Crippen molar-refractivity contribution in [3.8, 4) is 12.3 Å². The molecule has 18 heavy (non-hydrogen) atoms. The largest absolute Gasteiger partial charge is 0.464 e. The minimum atomic E-state index is -1.44. The van der Waals surface area contributed by atoms with Gasteiger partial charge in [0.2, 0.25) is 11.9 Å². The fourth-order valence-corrected chi connectivity index (χ4v) is 1.08. The van der Waals surface area contributed by atoms with Crippen molar-refractivity contribution in [2.75, 3.05) is 13.2 Å². The summed E-state index contributed by atoms with van der Waals surface area (Å²) in [4.78, 5) is 34.4. The third kappa shape index (κ3) is 5.89. The number of terminal acetylenes is 1. The highest BCUT2D eigenvalue weighted by molar-refractivity contribution is 6.02. The number of rotatable bonds is 7. The van der Waals surface area contributed by atoms with E-state index in [0.717, 1.165) is 0 Å². The lowest BCUT2D eigenvalue weighted by Gasteiger charge is -2.15. The average molecular weight is 255 g/mol. The first-order valence-electron chi connectivity index (χ1n) is 5.62.